The zero-order chi connectivity index (χ0) is 27.0. The number of phenols is 1. The van der Waals surface area contributed by atoms with Gasteiger partial charge in [0.2, 0.25) is 11.8 Å². The SMILES string of the molecule is CCc1ccc(C(C(=O)NC(C)C)N(C)C(=O)C(Cc2ccc(O)cc2)NC(=O)OC(C)(C)C)cc1. The van der Waals surface area contributed by atoms with Gasteiger partial charge in [-0.15, -0.1) is 0 Å². The first kappa shape index (κ1) is 28.7. The average molecular weight is 498 g/mol. The Morgan fingerprint density at radius 2 is 1.50 bits per heavy atom. The summed E-state index contributed by atoms with van der Waals surface area (Å²) in [4.78, 5) is 41.0. The van der Waals surface area contributed by atoms with E-state index in [0.29, 0.717) is 5.56 Å². The lowest BCUT2D eigenvalue weighted by Crippen LogP contribution is -2.53. The summed E-state index contributed by atoms with van der Waals surface area (Å²) in [5, 5.41) is 15.2. The molecule has 0 bridgehead atoms. The fourth-order valence-electron chi connectivity index (χ4n) is 3.74. The van der Waals surface area contributed by atoms with Crippen LogP contribution in [0.1, 0.15) is 64.3 Å². The van der Waals surface area contributed by atoms with Crippen molar-refractivity contribution in [2.45, 2.75) is 78.1 Å². The minimum absolute atomic E-state index is 0.0970. The van der Waals surface area contributed by atoms with Crippen LogP contribution in [0.2, 0.25) is 0 Å². The van der Waals surface area contributed by atoms with Gasteiger partial charge in [-0.1, -0.05) is 43.3 Å². The van der Waals surface area contributed by atoms with Gasteiger partial charge in [-0.05, 0) is 69.9 Å². The molecule has 0 aliphatic carbocycles. The lowest BCUT2D eigenvalue weighted by Gasteiger charge is -2.32. The van der Waals surface area contributed by atoms with Crippen molar-refractivity contribution in [1.29, 1.82) is 0 Å². The van der Waals surface area contributed by atoms with Crippen molar-refractivity contribution in [3.63, 3.8) is 0 Å². The second-order valence-corrected chi connectivity index (χ2v) is 10.2. The lowest BCUT2D eigenvalue weighted by molar-refractivity contribution is -0.141. The number of phenolic OH excluding ortho intramolecular Hbond substituents is 1. The van der Waals surface area contributed by atoms with Crippen LogP contribution in [0, 0.1) is 0 Å². The maximum Gasteiger partial charge on any atom is 0.408 e. The molecule has 2 aromatic carbocycles. The van der Waals surface area contributed by atoms with E-state index in [1.807, 2.05) is 45.0 Å². The monoisotopic (exact) mass is 497 g/mol. The van der Waals surface area contributed by atoms with Crippen LogP contribution < -0.4 is 10.6 Å². The van der Waals surface area contributed by atoms with Crippen molar-refractivity contribution in [1.82, 2.24) is 15.5 Å². The van der Waals surface area contributed by atoms with Crippen molar-refractivity contribution >= 4 is 17.9 Å². The maximum absolute atomic E-state index is 13.8. The van der Waals surface area contributed by atoms with Crippen molar-refractivity contribution in [2.24, 2.45) is 0 Å². The summed E-state index contributed by atoms with van der Waals surface area (Å²) in [6, 6.07) is 12.0. The first-order valence-electron chi connectivity index (χ1n) is 12.2. The highest BCUT2D eigenvalue weighted by molar-refractivity contribution is 5.92. The number of hydrogen-bond donors (Lipinski definition) is 3. The average Bonchev–Trinajstić information content (AvgIpc) is 2.78. The molecule has 8 nitrogen and oxygen atoms in total. The Labute approximate surface area is 214 Å². The molecule has 0 saturated heterocycles. The molecule has 36 heavy (non-hydrogen) atoms. The summed E-state index contributed by atoms with van der Waals surface area (Å²) in [6.45, 7) is 11.0. The van der Waals surface area contributed by atoms with Crippen LogP contribution in [0.4, 0.5) is 4.79 Å². The van der Waals surface area contributed by atoms with Crippen LogP contribution in [-0.4, -0.2) is 52.6 Å². The molecular weight excluding hydrogens is 458 g/mol. The molecule has 0 heterocycles. The van der Waals surface area contributed by atoms with Gasteiger partial charge in [0, 0.05) is 19.5 Å². The molecule has 2 unspecified atom stereocenters. The molecule has 0 spiro atoms. The number of carbonyl (C=O) groups is 3. The number of nitrogens with one attached hydrogen (secondary N) is 2. The van der Waals surface area contributed by atoms with Crippen LogP contribution >= 0.6 is 0 Å². The second kappa shape index (κ2) is 12.4. The summed E-state index contributed by atoms with van der Waals surface area (Å²) in [5.74, 6) is -0.664. The number of carbonyl (C=O) groups excluding carboxylic acids is 3. The van der Waals surface area contributed by atoms with Gasteiger partial charge < -0.3 is 25.4 Å². The minimum Gasteiger partial charge on any atom is -0.508 e. The summed E-state index contributed by atoms with van der Waals surface area (Å²) < 4.78 is 5.39. The summed E-state index contributed by atoms with van der Waals surface area (Å²) in [5.41, 5.74) is 1.77. The molecule has 2 atom stereocenters. The number of nitrogens with zero attached hydrogens (tertiary/aromatic N) is 1. The van der Waals surface area contributed by atoms with E-state index in [-0.39, 0.29) is 24.1 Å². The Balaban J connectivity index is 2.40. The zero-order valence-electron chi connectivity index (χ0n) is 22.3. The number of ether oxygens (including phenoxy) is 1. The van der Waals surface area contributed by atoms with E-state index in [1.54, 1.807) is 40.0 Å². The van der Waals surface area contributed by atoms with Gasteiger partial charge in [-0.25, -0.2) is 4.79 Å². The Morgan fingerprint density at radius 3 is 2.00 bits per heavy atom. The first-order valence-corrected chi connectivity index (χ1v) is 12.2. The van der Waals surface area contributed by atoms with Crippen LogP contribution in [-0.2, 0) is 27.2 Å². The highest BCUT2D eigenvalue weighted by atomic mass is 16.6. The van der Waals surface area contributed by atoms with E-state index in [9.17, 15) is 19.5 Å². The van der Waals surface area contributed by atoms with Gasteiger partial charge in [0.05, 0.1) is 0 Å². The quantitative estimate of drug-likeness (QED) is 0.483. The molecule has 3 N–H and O–H groups in total. The van der Waals surface area contributed by atoms with Crippen molar-refractivity contribution in [2.75, 3.05) is 7.05 Å². The summed E-state index contributed by atoms with van der Waals surface area (Å²) in [7, 11) is 1.56. The molecule has 8 heteroatoms. The fourth-order valence-corrected chi connectivity index (χ4v) is 3.74. The van der Waals surface area contributed by atoms with E-state index in [1.165, 1.54) is 17.0 Å². The van der Waals surface area contributed by atoms with Crippen LogP contribution in [0.5, 0.6) is 5.75 Å². The van der Waals surface area contributed by atoms with Gasteiger partial charge in [0.25, 0.3) is 0 Å². The fraction of sp³-hybridized carbons (Fsp3) is 0.464. The zero-order valence-corrected chi connectivity index (χ0v) is 22.3. The molecular formula is C28H39N3O5. The molecule has 3 amide bonds. The molecule has 0 radical (unpaired) electrons. The number of alkyl carbamates (subject to hydrolysis) is 1. The van der Waals surface area contributed by atoms with E-state index in [2.05, 4.69) is 10.6 Å². The van der Waals surface area contributed by atoms with Gasteiger partial charge in [0.15, 0.2) is 0 Å². The van der Waals surface area contributed by atoms with Gasteiger partial charge in [-0.3, -0.25) is 9.59 Å². The van der Waals surface area contributed by atoms with Gasteiger partial charge in [-0.2, -0.15) is 0 Å². The molecule has 0 aliphatic rings. The molecule has 0 aliphatic heterocycles. The van der Waals surface area contributed by atoms with E-state index in [0.717, 1.165) is 17.5 Å². The van der Waals surface area contributed by atoms with Crippen LogP contribution in [0.25, 0.3) is 0 Å². The van der Waals surface area contributed by atoms with Crippen molar-refractivity contribution in [3.8, 4) is 5.75 Å². The maximum atomic E-state index is 13.8. The van der Waals surface area contributed by atoms with E-state index in [4.69, 9.17) is 4.74 Å². The molecule has 2 aromatic rings. The summed E-state index contributed by atoms with van der Waals surface area (Å²) >= 11 is 0. The third kappa shape index (κ3) is 8.59. The number of aryl methyl sites for hydroxylation is 1. The van der Waals surface area contributed by atoms with Crippen molar-refractivity contribution < 1.29 is 24.2 Å². The normalized spacial score (nSPS) is 13.0. The number of rotatable bonds is 9. The summed E-state index contributed by atoms with van der Waals surface area (Å²) in [6.07, 6.45) is 0.270. The minimum atomic E-state index is -1.00. The number of hydrogen-bond acceptors (Lipinski definition) is 5. The Hall–Kier alpha value is -3.55. The Kier molecular flexibility index (Phi) is 9.90. The highest BCUT2D eigenvalue weighted by Crippen LogP contribution is 2.23. The number of amides is 3. The van der Waals surface area contributed by atoms with Crippen LogP contribution in [0.3, 0.4) is 0 Å². The molecule has 2 rings (SSSR count). The van der Waals surface area contributed by atoms with E-state index >= 15 is 0 Å². The first-order chi connectivity index (χ1) is 16.8. The molecule has 0 saturated carbocycles. The van der Waals surface area contributed by atoms with Crippen molar-refractivity contribution in [3.05, 3.63) is 65.2 Å². The van der Waals surface area contributed by atoms with E-state index < -0.39 is 29.7 Å². The van der Waals surface area contributed by atoms with Gasteiger partial charge in [0.1, 0.15) is 23.4 Å². The standard InChI is InChI=1S/C28H39N3O5/c1-8-19-9-13-21(14-10-19)24(25(33)29-18(2)3)31(7)26(34)23(30-27(35)36-28(4,5)6)17-20-11-15-22(32)16-12-20/h9-16,18,23-24,32H,8,17H2,1-7H3,(H,29,33)(H,30,35). The van der Waals surface area contributed by atoms with Crippen LogP contribution in [0.15, 0.2) is 48.5 Å². The highest BCUT2D eigenvalue weighted by Gasteiger charge is 2.34. The van der Waals surface area contributed by atoms with Gasteiger partial charge >= 0.3 is 6.09 Å². The predicted molar refractivity (Wildman–Crippen MR) is 140 cm³/mol. The third-order valence-corrected chi connectivity index (χ3v) is 5.48. The molecule has 0 aromatic heterocycles. The second-order valence-electron chi connectivity index (χ2n) is 10.2. The topological polar surface area (TPSA) is 108 Å². The number of benzene rings is 2. The largest absolute Gasteiger partial charge is 0.508 e. The number of likely N-dealkylation sites (N-methyl/N-ethyl adjacent to an activating group) is 1. The smallest absolute Gasteiger partial charge is 0.408 e. The third-order valence-electron chi connectivity index (χ3n) is 5.48. The lowest BCUT2D eigenvalue weighted by atomic mass is 9.99. The molecule has 0 fully saturated rings. The Morgan fingerprint density at radius 1 is 0.944 bits per heavy atom. The molecule has 196 valence electrons. The predicted octanol–water partition coefficient (Wildman–Crippen LogP) is 4.11. The number of aromatic hydroxyl groups is 1. The Bertz CT molecular complexity index is 1030.